The SMILES string of the molecule is [2H]N(C(=O)c1coc(-c2ccnnc2)n1)c1ccc(Oc2ccccc2F)c(C(F)(F)F)c1N1CCN(C)[C@@H](CN(C)C(=O)C(F)(F)F)C1. The topological polar surface area (TPSA) is 117 Å². The van der Waals surface area contributed by atoms with Gasteiger partial charge in [0.2, 0.25) is 5.89 Å². The second-order valence-electron chi connectivity index (χ2n) is 10.7. The molecule has 254 valence electrons. The van der Waals surface area contributed by atoms with Crippen molar-refractivity contribution in [3.63, 3.8) is 0 Å². The second kappa shape index (κ2) is 13.5. The van der Waals surface area contributed by atoms with Crippen LogP contribution in [0.5, 0.6) is 11.5 Å². The van der Waals surface area contributed by atoms with Crippen LogP contribution in [0.2, 0.25) is 1.41 Å². The minimum absolute atomic E-state index is 0.00636. The average Bonchev–Trinajstić information content (AvgIpc) is 3.55. The van der Waals surface area contributed by atoms with Gasteiger partial charge in [-0.15, -0.1) is 0 Å². The van der Waals surface area contributed by atoms with Crippen molar-refractivity contribution in [2.45, 2.75) is 18.4 Å². The molecule has 4 aromatic rings. The standard InChI is InChI=1S/C30H26F7N7O4/c1-42-11-12-44(15-18(42)14-43(2)28(46)30(35,36)37)25-20(40-26(45)21-16-47-27(41-21)17-9-10-38-39-13-17)7-8-23(24(25)29(32,33)34)48-22-6-4-3-5-19(22)31/h3-10,13,16,18H,11-12,14-15H2,1-2H3,(H,40,45)/t18-/m0/s1/i/hD. The van der Waals surface area contributed by atoms with E-state index in [4.69, 9.17) is 10.6 Å². The number of carbonyl (C=O) groups is 2. The van der Waals surface area contributed by atoms with E-state index >= 15 is 13.2 Å². The number of rotatable bonds is 8. The van der Waals surface area contributed by atoms with Crippen LogP contribution >= 0.6 is 0 Å². The summed E-state index contributed by atoms with van der Waals surface area (Å²) >= 11 is 0. The number of carbonyl (C=O) groups excluding carboxylic acids is 2. The molecule has 0 unspecified atom stereocenters. The van der Waals surface area contributed by atoms with Gasteiger partial charge in [0.15, 0.2) is 18.7 Å². The van der Waals surface area contributed by atoms with Crippen molar-refractivity contribution in [2.24, 2.45) is 0 Å². The number of para-hydroxylation sites is 1. The molecule has 1 aliphatic heterocycles. The first-order valence-electron chi connectivity index (χ1n) is 14.5. The van der Waals surface area contributed by atoms with Crippen molar-refractivity contribution in [3.8, 4) is 23.0 Å². The molecule has 11 nitrogen and oxygen atoms in total. The molecule has 0 aliphatic carbocycles. The third-order valence-electron chi connectivity index (χ3n) is 7.40. The summed E-state index contributed by atoms with van der Waals surface area (Å²) in [7, 11) is 2.44. The third kappa shape index (κ3) is 7.48. The van der Waals surface area contributed by atoms with E-state index in [1.807, 2.05) is 0 Å². The summed E-state index contributed by atoms with van der Waals surface area (Å²) in [5, 5.41) is 7.46. The van der Waals surface area contributed by atoms with E-state index in [1.54, 1.807) is 4.90 Å². The largest absolute Gasteiger partial charge is 0.471 e. The lowest BCUT2D eigenvalue weighted by Crippen LogP contribution is -2.57. The van der Waals surface area contributed by atoms with Crippen LogP contribution in [0.25, 0.3) is 11.5 Å². The molecule has 1 N–H and O–H groups in total. The average molecular weight is 683 g/mol. The van der Waals surface area contributed by atoms with Gasteiger partial charge in [-0.1, -0.05) is 12.1 Å². The molecule has 1 atom stereocenters. The van der Waals surface area contributed by atoms with Crippen LogP contribution in [0, 0.1) is 5.82 Å². The number of nitrogens with zero attached hydrogens (tertiary/aromatic N) is 6. The number of alkyl halides is 6. The molecular formula is C30H26F7N7O4. The van der Waals surface area contributed by atoms with Gasteiger partial charge in [0.1, 0.15) is 17.6 Å². The lowest BCUT2D eigenvalue weighted by Gasteiger charge is -2.43. The minimum atomic E-state index is -5.23. The molecule has 0 radical (unpaired) electrons. The van der Waals surface area contributed by atoms with E-state index in [9.17, 15) is 27.2 Å². The van der Waals surface area contributed by atoms with E-state index in [-0.39, 0.29) is 30.8 Å². The van der Waals surface area contributed by atoms with E-state index in [0.29, 0.717) is 10.5 Å². The Bertz CT molecular complexity index is 1820. The van der Waals surface area contributed by atoms with Crippen LogP contribution in [-0.2, 0) is 11.0 Å². The lowest BCUT2D eigenvalue weighted by atomic mass is 10.0. The van der Waals surface area contributed by atoms with Crippen LogP contribution in [0.15, 0.2) is 65.5 Å². The summed E-state index contributed by atoms with van der Waals surface area (Å²) in [6, 6.07) is 7.06. The zero-order valence-corrected chi connectivity index (χ0v) is 25.1. The first kappa shape index (κ1) is 32.7. The Morgan fingerprint density at radius 1 is 1.08 bits per heavy atom. The van der Waals surface area contributed by atoms with Crippen LogP contribution in [0.3, 0.4) is 0 Å². The van der Waals surface area contributed by atoms with Crippen molar-refractivity contribution >= 4 is 23.2 Å². The van der Waals surface area contributed by atoms with Gasteiger partial charge in [-0.3, -0.25) is 14.5 Å². The van der Waals surface area contributed by atoms with Gasteiger partial charge >= 0.3 is 18.3 Å². The zero-order chi connectivity index (χ0) is 35.7. The van der Waals surface area contributed by atoms with Crippen molar-refractivity contribution < 1.29 is 50.9 Å². The Morgan fingerprint density at radius 3 is 2.50 bits per heavy atom. The predicted molar refractivity (Wildman–Crippen MR) is 156 cm³/mol. The van der Waals surface area contributed by atoms with Gasteiger partial charge < -0.3 is 24.3 Å². The molecule has 0 saturated carbocycles. The molecule has 2 aromatic heterocycles. The van der Waals surface area contributed by atoms with Gasteiger partial charge in [0.25, 0.3) is 5.91 Å². The lowest BCUT2D eigenvalue weighted by molar-refractivity contribution is -0.184. The van der Waals surface area contributed by atoms with Gasteiger partial charge in [-0.25, -0.2) is 9.37 Å². The van der Waals surface area contributed by atoms with E-state index in [0.717, 1.165) is 42.5 Å². The van der Waals surface area contributed by atoms with E-state index < -0.39 is 76.7 Å². The molecule has 3 heterocycles. The molecule has 5 rings (SSSR count). The highest BCUT2D eigenvalue weighted by atomic mass is 19.4. The number of hydrogen-bond donors (Lipinski definition) is 1. The summed E-state index contributed by atoms with van der Waals surface area (Å²) in [5.41, 5.74) is -2.95. The Morgan fingerprint density at radius 2 is 1.83 bits per heavy atom. The maximum atomic E-state index is 15.1. The Balaban J connectivity index is 1.59. The molecule has 1 saturated heterocycles. The minimum Gasteiger partial charge on any atom is -0.454 e. The molecule has 1 aliphatic rings. The van der Waals surface area contributed by atoms with Gasteiger partial charge in [-0.2, -0.15) is 36.5 Å². The van der Waals surface area contributed by atoms with E-state index in [2.05, 4.69) is 15.2 Å². The highest BCUT2D eigenvalue weighted by molar-refractivity contribution is 6.05. The second-order valence-corrected chi connectivity index (χ2v) is 10.7. The summed E-state index contributed by atoms with van der Waals surface area (Å²) in [6.07, 6.45) is -6.90. The molecule has 2 amide bonds. The predicted octanol–water partition coefficient (Wildman–Crippen LogP) is 5.48. The van der Waals surface area contributed by atoms with Crippen LogP contribution in [-0.4, -0.2) is 89.3 Å². The number of aromatic nitrogens is 3. The van der Waals surface area contributed by atoms with Gasteiger partial charge in [0.05, 0.1) is 29.3 Å². The number of piperazine rings is 1. The summed E-state index contributed by atoms with van der Waals surface area (Å²) in [4.78, 5) is 32.5. The summed E-state index contributed by atoms with van der Waals surface area (Å²) in [5.74, 6) is -5.82. The number of benzene rings is 2. The van der Waals surface area contributed by atoms with Crippen LogP contribution in [0.4, 0.5) is 42.1 Å². The van der Waals surface area contributed by atoms with Gasteiger partial charge in [0, 0.05) is 39.3 Å². The van der Waals surface area contributed by atoms with E-state index in [1.165, 1.54) is 37.6 Å². The Kier molecular flexibility index (Phi) is 9.16. The Hall–Kier alpha value is -5.26. The molecular weight excluding hydrogens is 655 g/mol. The molecule has 18 heteroatoms. The normalized spacial score (nSPS) is 16.0. The first-order chi connectivity index (χ1) is 23.1. The molecule has 48 heavy (non-hydrogen) atoms. The van der Waals surface area contributed by atoms with Crippen LogP contribution < -0.4 is 14.9 Å². The van der Waals surface area contributed by atoms with Crippen molar-refractivity contribution in [3.05, 3.63) is 78.2 Å². The summed E-state index contributed by atoms with van der Waals surface area (Å²) in [6.45, 7) is -1.06. The summed E-state index contributed by atoms with van der Waals surface area (Å²) < 4.78 is 118. The molecule has 0 bridgehead atoms. The number of ether oxygens (including phenoxy) is 1. The maximum Gasteiger partial charge on any atom is 0.471 e. The fraction of sp³-hybridized carbons (Fsp3) is 0.300. The number of nitrogens with one attached hydrogen (secondary N) is 1. The fourth-order valence-electron chi connectivity index (χ4n) is 5.03. The highest BCUT2D eigenvalue weighted by Crippen LogP contribution is 2.48. The number of halogens is 7. The van der Waals surface area contributed by atoms with Crippen LogP contribution in [0.1, 0.15) is 16.1 Å². The number of anilines is 2. The fourth-order valence-corrected chi connectivity index (χ4v) is 5.03. The quantitative estimate of drug-likeness (QED) is 0.242. The van der Waals surface area contributed by atoms with Crippen molar-refractivity contribution in [1.82, 2.24) is 25.0 Å². The number of oxazole rings is 1. The number of amides is 2. The third-order valence-corrected chi connectivity index (χ3v) is 7.40. The van der Waals surface area contributed by atoms with Crippen molar-refractivity contribution in [1.29, 1.82) is 0 Å². The highest BCUT2D eigenvalue weighted by Gasteiger charge is 2.44. The monoisotopic (exact) mass is 682 g/mol. The smallest absolute Gasteiger partial charge is 0.454 e. The maximum absolute atomic E-state index is 15.1. The Labute approximate surface area is 269 Å². The van der Waals surface area contributed by atoms with Gasteiger partial charge in [-0.05, 0) is 37.4 Å². The molecule has 1 fully saturated rings. The molecule has 0 spiro atoms. The number of likely N-dealkylation sites (N-methyl/N-ethyl adjacent to an activating group) is 2. The van der Waals surface area contributed by atoms with Crippen molar-refractivity contribution in [2.75, 3.05) is 50.5 Å². The first-order valence-corrected chi connectivity index (χ1v) is 14.1. The molecule has 2 aromatic carbocycles. The zero-order valence-electron chi connectivity index (χ0n) is 26.1. The number of hydrogen-bond acceptors (Lipinski definition) is 9.